The molecule has 108 valence electrons. The second-order valence-electron chi connectivity index (χ2n) is 5.14. The van der Waals surface area contributed by atoms with Crippen molar-refractivity contribution in [3.8, 4) is 0 Å². The Balaban J connectivity index is 2.56. The van der Waals surface area contributed by atoms with Crippen LogP contribution in [0.5, 0.6) is 0 Å². The molecule has 0 aromatic rings. The summed E-state index contributed by atoms with van der Waals surface area (Å²) < 4.78 is 0. The summed E-state index contributed by atoms with van der Waals surface area (Å²) in [5.41, 5.74) is -1.63. The molecule has 0 fully saturated rings. The zero-order valence-electron chi connectivity index (χ0n) is 11.6. The average molecular weight is 269 g/mol. The molecule has 1 atom stereocenters. The smallest absolute Gasteiger partial charge is 0.321 e. The first-order valence-electron chi connectivity index (χ1n) is 6.81. The molecule has 0 aromatic heterocycles. The van der Waals surface area contributed by atoms with Crippen molar-refractivity contribution in [1.82, 2.24) is 4.90 Å². The number of hydrogen-bond donors (Lipinski definition) is 2. The summed E-state index contributed by atoms with van der Waals surface area (Å²) in [6, 6.07) is 0.347. The number of carboxylic acids is 2. The van der Waals surface area contributed by atoms with Crippen LogP contribution in [0.4, 0.5) is 0 Å². The van der Waals surface area contributed by atoms with Crippen molar-refractivity contribution in [3.05, 3.63) is 12.2 Å². The molecule has 2 N–H and O–H groups in total. The highest BCUT2D eigenvalue weighted by Gasteiger charge is 2.44. The van der Waals surface area contributed by atoms with E-state index in [0.29, 0.717) is 12.5 Å². The molecule has 1 aliphatic rings. The molecule has 0 spiro atoms. The van der Waals surface area contributed by atoms with Crippen LogP contribution < -0.4 is 0 Å². The number of hydrogen-bond acceptors (Lipinski definition) is 3. The Morgan fingerprint density at radius 2 is 2.00 bits per heavy atom. The van der Waals surface area contributed by atoms with E-state index in [1.807, 2.05) is 0 Å². The Morgan fingerprint density at radius 1 is 1.37 bits per heavy atom. The fourth-order valence-electron chi connectivity index (χ4n) is 2.54. The molecular formula is C14H23NO4. The maximum absolute atomic E-state index is 11.2. The molecule has 1 aliphatic heterocycles. The third kappa shape index (κ3) is 3.56. The summed E-state index contributed by atoms with van der Waals surface area (Å²) in [7, 11) is 0. The van der Waals surface area contributed by atoms with E-state index in [9.17, 15) is 19.8 Å². The number of carboxylic acid groups (broad SMARTS) is 2. The first-order chi connectivity index (χ1) is 8.94. The van der Waals surface area contributed by atoms with E-state index in [4.69, 9.17) is 0 Å². The fraction of sp³-hybridized carbons (Fsp3) is 0.714. The van der Waals surface area contributed by atoms with E-state index >= 15 is 0 Å². The maximum atomic E-state index is 11.2. The topological polar surface area (TPSA) is 77.8 Å². The van der Waals surface area contributed by atoms with Gasteiger partial charge in [-0.2, -0.15) is 0 Å². The molecule has 0 saturated carbocycles. The summed E-state index contributed by atoms with van der Waals surface area (Å²) in [4.78, 5) is 24.7. The van der Waals surface area contributed by atoms with E-state index < -0.39 is 17.4 Å². The van der Waals surface area contributed by atoms with Gasteiger partial charge in [-0.3, -0.25) is 14.5 Å². The van der Waals surface area contributed by atoms with Crippen LogP contribution in [0.2, 0.25) is 0 Å². The fourth-order valence-corrected chi connectivity index (χ4v) is 2.54. The Kier molecular flexibility index (Phi) is 5.54. The molecule has 0 amide bonds. The first-order valence-corrected chi connectivity index (χ1v) is 6.81. The monoisotopic (exact) mass is 269 g/mol. The van der Waals surface area contributed by atoms with E-state index in [1.165, 1.54) is 0 Å². The van der Waals surface area contributed by atoms with Gasteiger partial charge in [0.1, 0.15) is 0 Å². The van der Waals surface area contributed by atoms with Crippen molar-refractivity contribution in [2.75, 3.05) is 13.1 Å². The highest BCUT2D eigenvalue weighted by Crippen LogP contribution is 2.29. The van der Waals surface area contributed by atoms with Crippen molar-refractivity contribution in [2.24, 2.45) is 5.41 Å². The van der Waals surface area contributed by atoms with Crippen LogP contribution in [0.1, 0.15) is 39.5 Å². The van der Waals surface area contributed by atoms with Gasteiger partial charge in [0.25, 0.3) is 0 Å². The molecule has 0 radical (unpaired) electrons. The van der Waals surface area contributed by atoms with Crippen LogP contribution in [-0.4, -0.2) is 46.2 Å². The van der Waals surface area contributed by atoms with Gasteiger partial charge >= 0.3 is 11.9 Å². The van der Waals surface area contributed by atoms with E-state index in [0.717, 1.165) is 19.5 Å². The van der Waals surface area contributed by atoms with Crippen LogP contribution >= 0.6 is 0 Å². The minimum absolute atomic E-state index is 0.118. The van der Waals surface area contributed by atoms with Gasteiger partial charge in [-0.1, -0.05) is 19.1 Å². The molecule has 0 bridgehead atoms. The van der Waals surface area contributed by atoms with E-state index in [1.54, 1.807) is 6.92 Å². The van der Waals surface area contributed by atoms with Gasteiger partial charge in [0, 0.05) is 12.6 Å². The van der Waals surface area contributed by atoms with Crippen LogP contribution in [0.25, 0.3) is 0 Å². The standard InChI is InChI=1S/C14H23NO4/c1-3-14(12(16)17,13(18)19)8-6-10-15-9-5-4-7-11(15)2/h4,7,11H,3,5-6,8-10H2,1-2H3,(H,16,17)(H,18,19). The average Bonchev–Trinajstić information content (AvgIpc) is 2.36. The number of aliphatic carboxylic acids is 2. The Labute approximate surface area is 113 Å². The third-order valence-corrected chi connectivity index (χ3v) is 4.04. The van der Waals surface area contributed by atoms with Crippen LogP contribution in [-0.2, 0) is 9.59 Å². The molecule has 19 heavy (non-hydrogen) atoms. The highest BCUT2D eigenvalue weighted by molar-refractivity contribution is 5.98. The summed E-state index contributed by atoms with van der Waals surface area (Å²) in [5.74, 6) is -2.46. The lowest BCUT2D eigenvalue weighted by Crippen LogP contribution is -2.41. The molecule has 1 heterocycles. The lowest BCUT2D eigenvalue weighted by molar-refractivity contribution is -0.165. The molecule has 0 aromatic carbocycles. The zero-order valence-corrected chi connectivity index (χ0v) is 11.6. The van der Waals surface area contributed by atoms with Gasteiger partial charge in [0.2, 0.25) is 0 Å². The number of rotatable bonds is 7. The summed E-state index contributed by atoms with van der Waals surface area (Å²) in [5, 5.41) is 18.4. The summed E-state index contributed by atoms with van der Waals surface area (Å²) >= 11 is 0. The maximum Gasteiger partial charge on any atom is 0.321 e. The molecule has 1 rings (SSSR count). The van der Waals surface area contributed by atoms with Crippen molar-refractivity contribution in [3.63, 3.8) is 0 Å². The van der Waals surface area contributed by atoms with Gasteiger partial charge in [0.15, 0.2) is 5.41 Å². The van der Waals surface area contributed by atoms with Gasteiger partial charge in [0.05, 0.1) is 0 Å². The molecular weight excluding hydrogens is 246 g/mol. The molecule has 0 aliphatic carbocycles. The zero-order chi connectivity index (χ0) is 14.5. The van der Waals surface area contributed by atoms with Crippen LogP contribution in [0.15, 0.2) is 12.2 Å². The summed E-state index contributed by atoms with van der Waals surface area (Å²) in [6.07, 6.45) is 6.16. The normalized spacial score (nSPS) is 20.4. The SMILES string of the molecule is CCC(CCCN1CCC=CC1C)(C(=O)O)C(=O)O. The Bertz CT molecular complexity index is 350. The van der Waals surface area contributed by atoms with Crippen molar-refractivity contribution in [1.29, 1.82) is 0 Å². The van der Waals surface area contributed by atoms with Gasteiger partial charge < -0.3 is 10.2 Å². The second-order valence-corrected chi connectivity index (χ2v) is 5.14. The quantitative estimate of drug-likeness (QED) is 0.546. The van der Waals surface area contributed by atoms with Crippen molar-refractivity contribution >= 4 is 11.9 Å². The minimum atomic E-state index is -1.63. The van der Waals surface area contributed by atoms with Crippen LogP contribution in [0, 0.1) is 5.41 Å². The molecule has 5 nitrogen and oxygen atoms in total. The predicted molar refractivity (Wildman–Crippen MR) is 72.0 cm³/mol. The van der Waals surface area contributed by atoms with E-state index in [-0.39, 0.29) is 12.8 Å². The van der Waals surface area contributed by atoms with E-state index in [2.05, 4.69) is 24.0 Å². The summed E-state index contributed by atoms with van der Waals surface area (Å²) in [6.45, 7) is 5.41. The predicted octanol–water partition coefficient (Wildman–Crippen LogP) is 1.98. The minimum Gasteiger partial charge on any atom is -0.480 e. The largest absolute Gasteiger partial charge is 0.480 e. The van der Waals surface area contributed by atoms with Crippen LogP contribution in [0.3, 0.4) is 0 Å². The number of nitrogens with zero attached hydrogens (tertiary/aromatic N) is 1. The van der Waals surface area contributed by atoms with Gasteiger partial charge in [-0.05, 0) is 39.2 Å². The molecule has 1 unspecified atom stereocenters. The first kappa shape index (κ1) is 15.7. The van der Waals surface area contributed by atoms with Gasteiger partial charge in [-0.15, -0.1) is 0 Å². The lowest BCUT2D eigenvalue weighted by atomic mass is 9.80. The lowest BCUT2D eigenvalue weighted by Gasteiger charge is -2.31. The second kappa shape index (κ2) is 6.70. The van der Waals surface area contributed by atoms with Crippen molar-refractivity contribution in [2.45, 2.75) is 45.6 Å². The molecule has 0 saturated heterocycles. The van der Waals surface area contributed by atoms with Crippen molar-refractivity contribution < 1.29 is 19.8 Å². The highest BCUT2D eigenvalue weighted by atomic mass is 16.4. The Hall–Kier alpha value is -1.36. The Morgan fingerprint density at radius 3 is 2.47 bits per heavy atom. The number of carbonyl (C=O) groups is 2. The molecule has 5 heteroatoms. The third-order valence-electron chi connectivity index (χ3n) is 4.04. The van der Waals surface area contributed by atoms with Gasteiger partial charge in [-0.25, -0.2) is 0 Å².